The van der Waals surface area contributed by atoms with Crippen molar-refractivity contribution in [2.24, 2.45) is 5.92 Å². The van der Waals surface area contributed by atoms with E-state index < -0.39 is 0 Å². The number of nitrogens with one attached hydrogen (secondary N) is 1. The van der Waals surface area contributed by atoms with Crippen LogP contribution < -0.4 is 5.32 Å². The van der Waals surface area contributed by atoms with Crippen LogP contribution in [0.1, 0.15) is 31.7 Å². The Kier molecular flexibility index (Phi) is 4.94. The first-order valence-corrected chi connectivity index (χ1v) is 7.23. The molecule has 0 atom stereocenters. The van der Waals surface area contributed by atoms with E-state index in [0.29, 0.717) is 43.6 Å². The van der Waals surface area contributed by atoms with E-state index in [1.807, 2.05) is 17.9 Å². The molecule has 0 bridgehead atoms. The van der Waals surface area contributed by atoms with Crippen LogP contribution in [0.25, 0.3) is 0 Å². The van der Waals surface area contributed by atoms with E-state index in [0.717, 1.165) is 0 Å². The van der Waals surface area contributed by atoms with E-state index in [2.05, 4.69) is 5.32 Å². The molecule has 0 radical (unpaired) electrons. The molecule has 0 saturated carbocycles. The number of anilines is 1. The largest absolute Gasteiger partial charge is 0.343 e. The lowest BCUT2D eigenvalue weighted by Crippen LogP contribution is -2.41. The molecule has 0 aromatic heterocycles. The van der Waals surface area contributed by atoms with Gasteiger partial charge in [0.15, 0.2) is 0 Å². The number of hydrogen-bond acceptors (Lipinski definition) is 3. The molecule has 0 aliphatic carbocycles. The van der Waals surface area contributed by atoms with Crippen molar-refractivity contribution in [1.82, 2.24) is 4.90 Å². The second-order valence-corrected chi connectivity index (χ2v) is 5.19. The predicted octanol–water partition coefficient (Wildman–Crippen LogP) is 2.15. The molecule has 2 rings (SSSR count). The van der Waals surface area contributed by atoms with Crippen LogP contribution in [-0.4, -0.2) is 29.8 Å². The van der Waals surface area contributed by atoms with Crippen molar-refractivity contribution >= 4 is 17.5 Å². The summed E-state index contributed by atoms with van der Waals surface area (Å²) in [5.74, 6) is 0.0887. The lowest BCUT2D eigenvalue weighted by Gasteiger charge is -2.31. The minimum absolute atomic E-state index is 0.0108. The van der Waals surface area contributed by atoms with Crippen LogP contribution in [0.2, 0.25) is 0 Å². The van der Waals surface area contributed by atoms with Crippen LogP contribution in [0.3, 0.4) is 0 Å². The number of likely N-dealkylation sites (tertiary alicyclic amines) is 1. The van der Waals surface area contributed by atoms with Gasteiger partial charge in [0, 0.05) is 31.1 Å². The average molecular weight is 285 g/mol. The van der Waals surface area contributed by atoms with Crippen molar-refractivity contribution in [2.75, 3.05) is 18.4 Å². The Labute approximate surface area is 124 Å². The van der Waals surface area contributed by atoms with Crippen molar-refractivity contribution in [3.05, 3.63) is 29.8 Å². The Bertz CT molecular complexity index is 552. The summed E-state index contributed by atoms with van der Waals surface area (Å²) in [6, 6.07) is 8.86. The van der Waals surface area contributed by atoms with Gasteiger partial charge in [-0.2, -0.15) is 5.26 Å². The molecule has 1 heterocycles. The molecule has 1 fully saturated rings. The molecule has 1 N–H and O–H groups in total. The average Bonchev–Trinajstić information content (AvgIpc) is 2.55. The van der Waals surface area contributed by atoms with Crippen molar-refractivity contribution in [3.63, 3.8) is 0 Å². The van der Waals surface area contributed by atoms with Crippen LogP contribution in [0.4, 0.5) is 5.69 Å². The first-order chi connectivity index (χ1) is 10.1. The Morgan fingerprint density at radius 2 is 1.90 bits per heavy atom. The number of rotatable bonds is 3. The maximum atomic E-state index is 12.2. The zero-order chi connectivity index (χ0) is 15.2. The Morgan fingerprint density at radius 3 is 2.43 bits per heavy atom. The highest BCUT2D eigenvalue weighted by atomic mass is 16.2. The summed E-state index contributed by atoms with van der Waals surface area (Å²) in [5.41, 5.74) is 1.27. The molecule has 0 spiro atoms. The van der Waals surface area contributed by atoms with Gasteiger partial charge in [-0.05, 0) is 37.1 Å². The predicted molar refractivity (Wildman–Crippen MR) is 79.4 cm³/mol. The summed E-state index contributed by atoms with van der Waals surface area (Å²) < 4.78 is 0. The number of nitrogens with zero attached hydrogens (tertiary/aromatic N) is 2. The number of hydrogen-bond donors (Lipinski definition) is 1. The third kappa shape index (κ3) is 3.82. The third-order valence-electron chi connectivity index (χ3n) is 3.80. The fourth-order valence-electron chi connectivity index (χ4n) is 2.49. The summed E-state index contributed by atoms with van der Waals surface area (Å²) in [6.07, 6.45) is 1.92. The highest BCUT2D eigenvalue weighted by molar-refractivity contribution is 5.92. The topological polar surface area (TPSA) is 73.2 Å². The normalized spacial score (nSPS) is 15.3. The first-order valence-electron chi connectivity index (χ1n) is 7.23. The standard InChI is InChI=1S/C16H19N3O2/c1-2-15(20)19-9-7-13(8-10-19)16(21)18-14-5-3-12(11-17)4-6-14/h3-6,13H,2,7-10H2,1H3,(H,18,21). The molecule has 21 heavy (non-hydrogen) atoms. The SMILES string of the molecule is CCC(=O)N1CCC(C(=O)Nc2ccc(C#N)cc2)CC1. The van der Waals surface area contributed by atoms with E-state index in [1.54, 1.807) is 24.3 Å². The lowest BCUT2D eigenvalue weighted by molar-refractivity contribution is -0.134. The van der Waals surface area contributed by atoms with Gasteiger partial charge >= 0.3 is 0 Å². The number of carbonyl (C=O) groups excluding carboxylic acids is 2. The fraction of sp³-hybridized carbons (Fsp3) is 0.438. The zero-order valence-corrected chi connectivity index (χ0v) is 12.1. The highest BCUT2D eigenvalue weighted by Gasteiger charge is 2.26. The molecule has 1 aliphatic rings. The smallest absolute Gasteiger partial charge is 0.227 e. The second-order valence-electron chi connectivity index (χ2n) is 5.19. The quantitative estimate of drug-likeness (QED) is 0.924. The fourth-order valence-corrected chi connectivity index (χ4v) is 2.49. The van der Waals surface area contributed by atoms with Gasteiger partial charge in [-0.1, -0.05) is 6.92 Å². The van der Waals surface area contributed by atoms with E-state index in [-0.39, 0.29) is 17.7 Å². The summed E-state index contributed by atoms with van der Waals surface area (Å²) in [4.78, 5) is 25.6. The molecule has 1 aromatic carbocycles. The summed E-state index contributed by atoms with van der Waals surface area (Å²) >= 11 is 0. The lowest BCUT2D eigenvalue weighted by atomic mass is 9.95. The number of amides is 2. The molecule has 1 aromatic rings. The van der Waals surface area contributed by atoms with Gasteiger partial charge in [0.25, 0.3) is 0 Å². The Hall–Kier alpha value is -2.35. The van der Waals surface area contributed by atoms with Crippen LogP contribution in [-0.2, 0) is 9.59 Å². The van der Waals surface area contributed by atoms with Crippen molar-refractivity contribution in [1.29, 1.82) is 5.26 Å². The summed E-state index contributed by atoms with van der Waals surface area (Å²) in [5, 5.41) is 11.6. The monoisotopic (exact) mass is 285 g/mol. The van der Waals surface area contributed by atoms with E-state index in [4.69, 9.17) is 5.26 Å². The van der Waals surface area contributed by atoms with Gasteiger partial charge < -0.3 is 10.2 Å². The molecule has 0 unspecified atom stereocenters. The third-order valence-corrected chi connectivity index (χ3v) is 3.80. The van der Waals surface area contributed by atoms with Crippen LogP contribution in [0.15, 0.2) is 24.3 Å². The molecule has 2 amide bonds. The van der Waals surface area contributed by atoms with E-state index in [1.165, 1.54) is 0 Å². The van der Waals surface area contributed by atoms with E-state index >= 15 is 0 Å². The minimum atomic E-state index is -0.0541. The van der Waals surface area contributed by atoms with Gasteiger partial charge in [-0.3, -0.25) is 9.59 Å². The molecule has 1 saturated heterocycles. The maximum Gasteiger partial charge on any atom is 0.227 e. The maximum absolute atomic E-state index is 12.2. The van der Waals surface area contributed by atoms with Crippen LogP contribution in [0, 0.1) is 17.2 Å². The van der Waals surface area contributed by atoms with Gasteiger partial charge in [0.2, 0.25) is 11.8 Å². The van der Waals surface area contributed by atoms with Gasteiger partial charge in [-0.25, -0.2) is 0 Å². The first kappa shape index (κ1) is 15.0. The number of piperidine rings is 1. The molecule has 1 aliphatic heterocycles. The highest BCUT2D eigenvalue weighted by Crippen LogP contribution is 2.20. The van der Waals surface area contributed by atoms with E-state index in [9.17, 15) is 9.59 Å². The summed E-state index contributed by atoms with van der Waals surface area (Å²) in [6.45, 7) is 3.16. The Balaban J connectivity index is 1.87. The molecular formula is C16H19N3O2. The van der Waals surface area contributed by atoms with Crippen LogP contribution >= 0.6 is 0 Å². The molecular weight excluding hydrogens is 266 g/mol. The molecule has 110 valence electrons. The number of carbonyl (C=O) groups is 2. The van der Waals surface area contributed by atoms with Crippen molar-refractivity contribution in [3.8, 4) is 6.07 Å². The number of benzene rings is 1. The van der Waals surface area contributed by atoms with Crippen molar-refractivity contribution < 1.29 is 9.59 Å². The number of nitriles is 1. The Morgan fingerprint density at radius 1 is 1.29 bits per heavy atom. The van der Waals surface area contributed by atoms with Crippen LogP contribution in [0.5, 0.6) is 0 Å². The van der Waals surface area contributed by atoms with Gasteiger partial charge in [-0.15, -0.1) is 0 Å². The summed E-state index contributed by atoms with van der Waals surface area (Å²) in [7, 11) is 0. The zero-order valence-electron chi connectivity index (χ0n) is 12.1. The van der Waals surface area contributed by atoms with Gasteiger partial charge in [0.05, 0.1) is 11.6 Å². The van der Waals surface area contributed by atoms with Crippen molar-refractivity contribution in [2.45, 2.75) is 26.2 Å². The van der Waals surface area contributed by atoms with Gasteiger partial charge in [0.1, 0.15) is 0 Å². The molecule has 5 heteroatoms. The minimum Gasteiger partial charge on any atom is -0.343 e. The second kappa shape index (κ2) is 6.89. The molecule has 5 nitrogen and oxygen atoms in total.